The van der Waals surface area contributed by atoms with Crippen molar-refractivity contribution in [3.8, 4) is 11.5 Å². The maximum atomic E-state index is 12.4. The highest BCUT2D eigenvalue weighted by atomic mass is 79.9. The Morgan fingerprint density at radius 3 is 2.41 bits per heavy atom. The van der Waals surface area contributed by atoms with Gasteiger partial charge in [0.1, 0.15) is 11.5 Å². The lowest BCUT2D eigenvalue weighted by Gasteiger charge is -2.14. The molecule has 4 rings (SSSR count). The Labute approximate surface area is 205 Å². The first kappa shape index (κ1) is 23.2. The van der Waals surface area contributed by atoms with Crippen molar-refractivity contribution >= 4 is 44.8 Å². The van der Waals surface area contributed by atoms with Crippen LogP contribution in [0.15, 0.2) is 101 Å². The number of nitrogens with one attached hydrogen (secondary N) is 1. The van der Waals surface area contributed by atoms with E-state index in [-0.39, 0.29) is 5.91 Å². The number of ether oxygens (including phenoxy) is 2. The van der Waals surface area contributed by atoms with Gasteiger partial charge in [-0.3, -0.25) is 4.79 Å². The Bertz CT molecular complexity index is 1350. The molecule has 0 saturated heterocycles. The molecule has 0 saturated carbocycles. The lowest BCUT2D eigenvalue weighted by Crippen LogP contribution is -2.33. The molecule has 0 aliphatic carbocycles. The zero-order valence-electron chi connectivity index (χ0n) is 18.3. The fourth-order valence-corrected chi connectivity index (χ4v) is 3.66. The van der Waals surface area contributed by atoms with Gasteiger partial charge in [-0.25, -0.2) is 10.2 Å². The van der Waals surface area contributed by atoms with Crippen molar-refractivity contribution in [2.45, 2.75) is 13.0 Å². The minimum atomic E-state index is -0.734. The highest BCUT2D eigenvalue weighted by Gasteiger charge is 2.15. The highest BCUT2D eigenvalue weighted by molar-refractivity contribution is 9.10. The smallest absolute Gasteiger partial charge is 0.344 e. The Hall–Kier alpha value is -3.97. The van der Waals surface area contributed by atoms with E-state index < -0.39 is 12.1 Å². The second-order valence-electron chi connectivity index (χ2n) is 7.41. The van der Waals surface area contributed by atoms with Crippen molar-refractivity contribution in [3.05, 3.63) is 107 Å². The van der Waals surface area contributed by atoms with Gasteiger partial charge in [0.15, 0.2) is 6.10 Å². The summed E-state index contributed by atoms with van der Waals surface area (Å²) in [4.78, 5) is 24.7. The SMILES string of the molecule is C[C@@H](Oc1cccc2ccccc12)C(=O)N/N=C\c1ccc(OC(=O)c2ccccc2Br)cc1. The molecule has 0 unspecified atom stereocenters. The average Bonchev–Trinajstić information content (AvgIpc) is 2.85. The van der Waals surface area contributed by atoms with E-state index in [1.165, 1.54) is 6.21 Å². The number of esters is 1. The monoisotopic (exact) mass is 516 g/mol. The number of hydrogen-bond donors (Lipinski definition) is 1. The quantitative estimate of drug-likeness (QED) is 0.147. The fourth-order valence-electron chi connectivity index (χ4n) is 3.21. The summed E-state index contributed by atoms with van der Waals surface area (Å²) in [6, 6.07) is 27.4. The van der Waals surface area contributed by atoms with Crippen molar-refractivity contribution in [2.75, 3.05) is 0 Å². The molecule has 170 valence electrons. The van der Waals surface area contributed by atoms with Crippen LogP contribution in [0, 0.1) is 0 Å². The summed E-state index contributed by atoms with van der Waals surface area (Å²) >= 11 is 3.34. The van der Waals surface area contributed by atoms with Crippen LogP contribution in [0.25, 0.3) is 10.8 Å². The molecule has 0 fully saturated rings. The van der Waals surface area contributed by atoms with Crippen molar-refractivity contribution in [3.63, 3.8) is 0 Å². The van der Waals surface area contributed by atoms with Gasteiger partial charge in [0.2, 0.25) is 0 Å². The van der Waals surface area contributed by atoms with E-state index in [2.05, 4.69) is 26.5 Å². The average molecular weight is 517 g/mol. The molecule has 0 radical (unpaired) electrons. The van der Waals surface area contributed by atoms with Gasteiger partial charge in [0.25, 0.3) is 5.91 Å². The lowest BCUT2D eigenvalue weighted by molar-refractivity contribution is -0.127. The highest BCUT2D eigenvalue weighted by Crippen LogP contribution is 2.26. The molecule has 0 aliphatic rings. The van der Waals surface area contributed by atoms with Gasteiger partial charge in [0.05, 0.1) is 11.8 Å². The van der Waals surface area contributed by atoms with E-state index in [1.54, 1.807) is 49.4 Å². The van der Waals surface area contributed by atoms with Gasteiger partial charge >= 0.3 is 5.97 Å². The first-order chi connectivity index (χ1) is 16.5. The van der Waals surface area contributed by atoms with Crippen molar-refractivity contribution in [2.24, 2.45) is 5.10 Å². The summed E-state index contributed by atoms with van der Waals surface area (Å²) < 4.78 is 11.9. The summed E-state index contributed by atoms with van der Waals surface area (Å²) in [6.07, 6.45) is 0.768. The van der Waals surface area contributed by atoms with E-state index >= 15 is 0 Å². The standard InChI is InChI=1S/C27H21BrN2O4/c1-18(33-25-12-6-8-20-7-2-3-9-22(20)25)26(31)30-29-17-19-13-15-21(16-14-19)34-27(32)23-10-4-5-11-24(23)28/h2-18H,1H3,(H,30,31)/b29-17-/t18-/m1/s1. The van der Waals surface area contributed by atoms with E-state index in [0.717, 1.165) is 16.3 Å². The number of hydrazone groups is 1. The topological polar surface area (TPSA) is 77.0 Å². The predicted octanol–water partition coefficient (Wildman–Crippen LogP) is 5.74. The predicted molar refractivity (Wildman–Crippen MR) is 135 cm³/mol. The largest absolute Gasteiger partial charge is 0.480 e. The molecule has 0 aromatic heterocycles. The van der Waals surface area contributed by atoms with Gasteiger partial charge in [-0.1, -0.05) is 48.5 Å². The number of carbonyl (C=O) groups is 2. The summed E-state index contributed by atoms with van der Waals surface area (Å²) in [5.41, 5.74) is 3.65. The van der Waals surface area contributed by atoms with Crippen molar-refractivity contribution < 1.29 is 19.1 Å². The molecular weight excluding hydrogens is 496 g/mol. The van der Waals surface area contributed by atoms with Gasteiger partial charge in [0, 0.05) is 9.86 Å². The minimum absolute atomic E-state index is 0.372. The normalized spacial score (nSPS) is 11.8. The number of carbonyl (C=O) groups excluding carboxylic acids is 2. The minimum Gasteiger partial charge on any atom is -0.480 e. The molecular formula is C27H21BrN2O4. The Balaban J connectivity index is 1.31. The summed E-state index contributed by atoms with van der Waals surface area (Å²) in [5.74, 6) is 0.209. The van der Waals surface area contributed by atoms with Crippen LogP contribution in [0.3, 0.4) is 0 Å². The summed E-state index contributed by atoms with van der Waals surface area (Å²) in [5, 5.41) is 5.97. The van der Waals surface area contributed by atoms with E-state index in [0.29, 0.717) is 21.5 Å². The van der Waals surface area contributed by atoms with Crippen LogP contribution in [0.2, 0.25) is 0 Å². The number of amides is 1. The molecule has 4 aromatic rings. The van der Waals surface area contributed by atoms with Crippen LogP contribution < -0.4 is 14.9 Å². The van der Waals surface area contributed by atoms with E-state index in [4.69, 9.17) is 9.47 Å². The number of halogens is 1. The fraction of sp³-hybridized carbons (Fsp3) is 0.0741. The molecule has 34 heavy (non-hydrogen) atoms. The maximum absolute atomic E-state index is 12.4. The molecule has 0 spiro atoms. The third-order valence-corrected chi connectivity index (χ3v) is 5.69. The third-order valence-electron chi connectivity index (χ3n) is 5.00. The molecule has 7 heteroatoms. The second-order valence-corrected chi connectivity index (χ2v) is 8.26. The van der Waals surface area contributed by atoms with Gasteiger partial charge in [-0.15, -0.1) is 0 Å². The molecule has 1 atom stereocenters. The number of hydrogen-bond acceptors (Lipinski definition) is 5. The number of benzene rings is 4. The van der Waals surface area contributed by atoms with Crippen molar-refractivity contribution in [1.82, 2.24) is 5.43 Å². The summed E-state index contributed by atoms with van der Waals surface area (Å²) in [6.45, 7) is 1.67. The molecule has 0 bridgehead atoms. The zero-order valence-corrected chi connectivity index (χ0v) is 19.9. The first-order valence-electron chi connectivity index (χ1n) is 10.6. The third kappa shape index (κ3) is 5.68. The molecule has 0 heterocycles. The number of nitrogens with zero attached hydrogens (tertiary/aromatic N) is 1. The van der Waals surface area contributed by atoms with Gasteiger partial charge < -0.3 is 9.47 Å². The molecule has 1 amide bonds. The molecule has 0 aliphatic heterocycles. The second kappa shape index (κ2) is 10.8. The van der Waals surface area contributed by atoms with E-state index in [1.807, 2.05) is 48.5 Å². The van der Waals surface area contributed by atoms with Gasteiger partial charge in [-0.05, 0) is 76.3 Å². The number of fused-ring (bicyclic) bond motifs is 1. The van der Waals surface area contributed by atoms with Crippen LogP contribution in [0.1, 0.15) is 22.8 Å². The zero-order chi connectivity index (χ0) is 23.9. The van der Waals surface area contributed by atoms with Gasteiger partial charge in [-0.2, -0.15) is 5.10 Å². The molecule has 4 aromatic carbocycles. The van der Waals surface area contributed by atoms with Crippen LogP contribution in [0.5, 0.6) is 11.5 Å². The van der Waals surface area contributed by atoms with Crippen LogP contribution in [0.4, 0.5) is 0 Å². The lowest BCUT2D eigenvalue weighted by atomic mass is 10.1. The summed E-state index contributed by atoms with van der Waals surface area (Å²) in [7, 11) is 0. The van der Waals surface area contributed by atoms with Crippen LogP contribution in [-0.4, -0.2) is 24.2 Å². The van der Waals surface area contributed by atoms with Crippen molar-refractivity contribution in [1.29, 1.82) is 0 Å². The van der Waals surface area contributed by atoms with Crippen LogP contribution in [-0.2, 0) is 4.79 Å². The molecule has 6 nitrogen and oxygen atoms in total. The maximum Gasteiger partial charge on any atom is 0.344 e. The Morgan fingerprint density at radius 1 is 0.912 bits per heavy atom. The number of rotatable bonds is 7. The van der Waals surface area contributed by atoms with Crippen LogP contribution >= 0.6 is 15.9 Å². The van der Waals surface area contributed by atoms with E-state index in [9.17, 15) is 9.59 Å². The Morgan fingerprint density at radius 2 is 1.62 bits per heavy atom. The first-order valence-corrected chi connectivity index (χ1v) is 11.3. The Kier molecular flexibility index (Phi) is 7.34. The molecule has 1 N–H and O–H groups in total.